The van der Waals surface area contributed by atoms with Crippen LogP contribution in [0.1, 0.15) is 32.1 Å². The highest BCUT2D eigenvalue weighted by atomic mass is 32.1. The molecule has 0 aliphatic carbocycles. The molecule has 0 aliphatic heterocycles. The van der Waals surface area contributed by atoms with Crippen molar-refractivity contribution in [3.05, 3.63) is 0 Å². The Morgan fingerprint density at radius 2 is 1.37 bits per heavy atom. The standard InChI is InChI=1S/C18H32N8O8S/c19-8(7-35)14(30)24-9(3-4-13(28)29)15(31)26-11(6-12(20)27)16(32)25-10(17(33)34)2-1-5-23-18(21)22/h8-11,35H,1-7,19H2,(H2,20,27)(H,24,30)(H,25,32)(H,26,31)(H,28,29)(H,33,34)(H4,21,22,23). The first-order valence-corrected chi connectivity index (χ1v) is 11.0. The van der Waals surface area contributed by atoms with Crippen LogP contribution in [-0.2, 0) is 28.8 Å². The predicted octanol–water partition coefficient (Wildman–Crippen LogP) is -4.42. The van der Waals surface area contributed by atoms with Crippen molar-refractivity contribution in [2.45, 2.75) is 56.3 Å². The summed E-state index contributed by atoms with van der Waals surface area (Å²) >= 11 is 3.87. The molecule has 4 atom stereocenters. The highest BCUT2D eigenvalue weighted by Gasteiger charge is 2.31. The number of nitrogens with two attached hydrogens (primary N) is 4. The number of carboxylic acid groups (broad SMARTS) is 2. The van der Waals surface area contributed by atoms with Crippen LogP contribution in [0.15, 0.2) is 4.99 Å². The number of guanidine groups is 1. The molecule has 0 aromatic carbocycles. The number of hydrogen-bond acceptors (Lipinski definition) is 9. The number of aliphatic carboxylic acids is 2. The zero-order chi connectivity index (χ0) is 27.1. The van der Waals surface area contributed by atoms with Gasteiger partial charge in [0.15, 0.2) is 5.96 Å². The number of rotatable bonds is 17. The first-order valence-electron chi connectivity index (χ1n) is 10.3. The minimum atomic E-state index is -1.61. The third-order valence-corrected chi connectivity index (χ3v) is 4.80. The summed E-state index contributed by atoms with van der Waals surface area (Å²) in [5, 5.41) is 24.9. The van der Waals surface area contributed by atoms with E-state index >= 15 is 0 Å². The maximum atomic E-state index is 12.7. The SMILES string of the molecule is NC(=O)CC(NC(=O)C(CCC(=O)O)NC(=O)C(N)CS)C(=O)NC(CCCN=C(N)N)C(=O)O. The van der Waals surface area contributed by atoms with Gasteiger partial charge in [-0.1, -0.05) is 0 Å². The number of carboxylic acids is 2. The van der Waals surface area contributed by atoms with E-state index in [1.54, 1.807) is 0 Å². The maximum Gasteiger partial charge on any atom is 0.326 e. The third kappa shape index (κ3) is 13.6. The lowest BCUT2D eigenvalue weighted by atomic mass is 10.1. The number of nitrogens with zero attached hydrogens (tertiary/aromatic N) is 1. The summed E-state index contributed by atoms with van der Waals surface area (Å²) < 4.78 is 0. The van der Waals surface area contributed by atoms with Gasteiger partial charge in [-0.3, -0.25) is 29.0 Å². The Kier molecular flexibility index (Phi) is 14.4. The van der Waals surface area contributed by atoms with E-state index in [0.717, 1.165) is 0 Å². The second-order valence-electron chi connectivity index (χ2n) is 7.36. The Morgan fingerprint density at radius 1 is 0.829 bits per heavy atom. The lowest BCUT2D eigenvalue weighted by molar-refractivity contribution is -0.142. The molecule has 0 aromatic rings. The first kappa shape index (κ1) is 31.4. The van der Waals surface area contributed by atoms with Gasteiger partial charge in [-0.05, 0) is 19.3 Å². The van der Waals surface area contributed by atoms with Crippen molar-refractivity contribution in [2.75, 3.05) is 12.3 Å². The number of carbonyl (C=O) groups is 6. The molecule has 17 heteroatoms. The van der Waals surface area contributed by atoms with Gasteiger partial charge in [0.25, 0.3) is 0 Å². The lowest BCUT2D eigenvalue weighted by Gasteiger charge is -2.24. The van der Waals surface area contributed by atoms with Gasteiger partial charge in [-0.25, -0.2) is 4.79 Å². The zero-order valence-electron chi connectivity index (χ0n) is 18.8. The van der Waals surface area contributed by atoms with Crippen LogP contribution in [0, 0.1) is 0 Å². The van der Waals surface area contributed by atoms with Crippen LogP contribution in [0.5, 0.6) is 0 Å². The first-order chi connectivity index (χ1) is 16.3. The number of amides is 4. The molecule has 4 unspecified atom stereocenters. The molecule has 0 aliphatic rings. The maximum absolute atomic E-state index is 12.7. The molecule has 198 valence electrons. The molecule has 13 N–H and O–H groups in total. The molecular formula is C18H32N8O8S. The summed E-state index contributed by atoms with van der Waals surface area (Å²) in [4.78, 5) is 75.0. The quantitative estimate of drug-likeness (QED) is 0.0377. The van der Waals surface area contributed by atoms with E-state index in [9.17, 15) is 33.9 Å². The van der Waals surface area contributed by atoms with Gasteiger partial charge in [-0.2, -0.15) is 12.6 Å². The van der Waals surface area contributed by atoms with Gasteiger partial charge in [0, 0.05) is 18.7 Å². The van der Waals surface area contributed by atoms with E-state index < -0.39 is 72.6 Å². The lowest BCUT2D eigenvalue weighted by Crippen LogP contribution is -2.58. The molecule has 35 heavy (non-hydrogen) atoms. The number of thiol groups is 1. The van der Waals surface area contributed by atoms with E-state index in [2.05, 4.69) is 33.6 Å². The molecule has 0 radical (unpaired) electrons. The van der Waals surface area contributed by atoms with Gasteiger partial charge in [-0.15, -0.1) is 0 Å². The van der Waals surface area contributed by atoms with E-state index in [1.165, 1.54) is 0 Å². The predicted molar refractivity (Wildman–Crippen MR) is 126 cm³/mol. The van der Waals surface area contributed by atoms with Crippen LogP contribution in [-0.4, -0.2) is 88.2 Å². The molecule has 0 fully saturated rings. The fourth-order valence-corrected chi connectivity index (χ4v) is 2.78. The second kappa shape index (κ2) is 16.1. The Labute approximate surface area is 206 Å². The molecule has 0 heterocycles. The number of primary amides is 1. The molecule has 0 spiro atoms. The van der Waals surface area contributed by atoms with Gasteiger partial charge < -0.3 is 49.1 Å². The monoisotopic (exact) mass is 520 g/mol. The van der Waals surface area contributed by atoms with Crippen molar-refractivity contribution < 1.29 is 39.0 Å². The number of aliphatic imine (C=N–C) groups is 1. The van der Waals surface area contributed by atoms with Crippen LogP contribution >= 0.6 is 12.6 Å². The Morgan fingerprint density at radius 3 is 1.86 bits per heavy atom. The normalized spacial score (nSPS) is 13.9. The molecule has 0 rings (SSSR count). The summed E-state index contributed by atoms with van der Waals surface area (Å²) in [7, 11) is 0. The average molecular weight is 521 g/mol. The fourth-order valence-electron chi connectivity index (χ4n) is 2.61. The van der Waals surface area contributed by atoms with Gasteiger partial charge in [0.1, 0.15) is 18.1 Å². The van der Waals surface area contributed by atoms with E-state index in [0.29, 0.717) is 0 Å². The summed E-state index contributed by atoms with van der Waals surface area (Å²) in [6.07, 6.45) is -1.46. The molecule has 16 nitrogen and oxygen atoms in total. The molecule has 0 bridgehead atoms. The van der Waals surface area contributed by atoms with E-state index in [-0.39, 0.29) is 37.5 Å². The average Bonchev–Trinajstić information content (AvgIpc) is 2.76. The summed E-state index contributed by atoms with van der Waals surface area (Å²) in [6.45, 7) is 0.100. The van der Waals surface area contributed by atoms with Gasteiger partial charge in [0.05, 0.1) is 12.5 Å². The topological polar surface area (TPSA) is 295 Å². The van der Waals surface area contributed by atoms with Crippen molar-refractivity contribution in [2.24, 2.45) is 27.9 Å². The Bertz CT molecular complexity index is 820. The van der Waals surface area contributed by atoms with Crippen molar-refractivity contribution in [3.8, 4) is 0 Å². The second-order valence-corrected chi connectivity index (χ2v) is 7.73. The van der Waals surface area contributed by atoms with Gasteiger partial charge >= 0.3 is 11.9 Å². The largest absolute Gasteiger partial charge is 0.481 e. The molecule has 4 amide bonds. The molecule has 0 saturated heterocycles. The van der Waals surface area contributed by atoms with Crippen molar-refractivity contribution in [1.82, 2.24) is 16.0 Å². The number of carbonyl (C=O) groups excluding carboxylic acids is 4. The highest BCUT2D eigenvalue weighted by molar-refractivity contribution is 7.80. The zero-order valence-corrected chi connectivity index (χ0v) is 19.7. The van der Waals surface area contributed by atoms with Crippen LogP contribution < -0.4 is 38.9 Å². The molecule has 0 saturated carbocycles. The minimum Gasteiger partial charge on any atom is -0.481 e. The third-order valence-electron chi connectivity index (χ3n) is 4.41. The fraction of sp³-hybridized carbons (Fsp3) is 0.611. The van der Waals surface area contributed by atoms with Crippen molar-refractivity contribution in [3.63, 3.8) is 0 Å². The molecular weight excluding hydrogens is 488 g/mol. The van der Waals surface area contributed by atoms with Crippen LogP contribution in [0.25, 0.3) is 0 Å². The number of nitrogens with one attached hydrogen (secondary N) is 3. The van der Waals surface area contributed by atoms with Crippen LogP contribution in [0.3, 0.4) is 0 Å². The molecule has 0 aromatic heterocycles. The van der Waals surface area contributed by atoms with E-state index in [1.807, 2.05) is 0 Å². The van der Waals surface area contributed by atoms with E-state index in [4.69, 9.17) is 28.0 Å². The van der Waals surface area contributed by atoms with Crippen LogP contribution in [0.4, 0.5) is 0 Å². The Balaban J connectivity index is 5.49. The van der Waals surface area contributed by atoms with Crippen LogP contribution in [0.2, 0.25) is 0 Å². The summed E-state index contributed by atoms with van der Waals surface area (Å²) in [6, 6.07) is -5.54. The van der Waals surface area contributed by atoms with Crippen molar-refractivity contribution in [1.29, 1.82) is 0 Å². The number of hydrogen-bond donors (Lipinski definition) is 10. The highest BCUT2D eigenvalue weighted by Crippen LogP contribution is 2.04. The smallest absolute Gasteiger partial charge is 0.326 e. The van der Waals surface area contributed by atoms with Gasteiger partial charge in [0.2, 0.25) is 23.6 Å². The minimum absolute atomic E-state index is 0.0639. The summed E-state index contributed by atoms with van der Waals surface area (Å²) in [5.74, 6) is -6.74. The Hall–Kier alpha value is -3.60. The summed E-state index contributed by atoms with van der Waals surface area (Å²) in [5.41, 5.74) is 21.1. The van der Waals surface area contributed by atoms with Crippen molar-refractivity contribution >= 4 is 54.2 Å².